The number of aryl methyl sites for hydroxylation is 1. The van der Waals surface area contributed by atoms with E-state index in [0.29, 0.717) is 47.7 Å². The number of likely N-dealkylation sites (tertiary alicyclic amines) is 2. The Labute approximate surface area is 464 Å². The number of rotatable bonds is 18. The molecule has 9 heterocycles. The van der Waals surface area contributed by atoms with Gasteiger partial charge in [0.15, 0.2) is 11.6 Å². The first-order valence-electron chi connectivity index (χ1n) is 27.9. The number of carbonyl (C=O) groups is 2. The standard InChI is InChI=1S/C58H72N12O8S/c1-32(2)54(58(74)69-30-41(71)22-49(69)57(73)63-35(5)37-11-14-46(61-27-37)55-36(6)62-31-79-55)51-26-53(66-78-51)75-18-17-68-33(3)19-42(20-34(68)4)76-43-23-44(24-43)77-52-21-38(15-16-60-52)70-39-12-13-40(70)29-67(28-39)48-25-47(64-65-56(48)59)45-9-7-8-10-50(45)72/h7-11,14-16,21,25-27,31-35,39-44,49,54,71-72H,12-13,17-20,22-24,28-30H2,1-6H3,(H2,59,65)(H,63,73)/t33-,34+,35-,39?,40?,41+,42?,43-,44-,49-,54+/m0/s1. The van der Waals surface area contributed by atoms with Crippen LogP contribution in [0.4, 0.5) is 17.2 Å². The number of benzene rings is 1. The number of pyridine rings is 2. The number of phenolic OH excluding ortho intramolecular Hbond substituents is 1. The zero-order chi connectivity index (χ0) is 55.1. The van der Waals surface area contributed by atoms with Crippen LogP contribution in [0.2, 0.25) is 0 Å². The Morgan fingerprint density at radius 2 is 1.63 bits per heavy atom. The Morgan fingerprint density at radius 1 is 0.873 bits per heavy atom. The van der Waals surface area contributed by atoms with Crippen molar-refractivity contribution in [2.45, 2.75) is 153 Å². The number of piperazine rings is 1. The van der Waals surface area contributed by atoms with Crippen molar-refractivity contribution < 1.29 is 38.5 Å². The molecule has 418 valence electrons. The number of nitrogens with two attached hydrogens (primary N) is 1. The van der Waals surface area contributed by atoms with Crippen molar-refractivity contribution in [3.05, 3.63) is 95.6 Å². The maximum atomic E-state index is 14.3. The lowest BCUT2D eigenvalue weighted by Crippen LogP contribution is -2.54. The highest BCUT2D eigenvalue weighted by Crippen LogP contribution is 2.41. The number of nitrogens with zero attached hydrogens (tertiary/aromatic N) is 10. The van der Waals surface area contributed by atoms with Crippen LogP contribution in [0.25, 0.3) is 21.8 Å². The highest BCUT2D eigenvalue weighted by Gasteiger charge is 2.45. The molecule has 0 radical (unpaired) electrons. The molecule has 4 aliphatic heterocycles. The van der Waals surface area contributed by atoms with Crippen molar-refractivity contribution in [3.63, 3.8) is 0 Å². The maximum Gasteiger partial charge on any atom is 0.254 e. The summed E-state index contributed by atoms with van der Waals surface area (Å²) in [6, 6.07) is 18.6. The summed E-state index contributed by atoms with van der Waals surface area (Å²) in [5.41, 5.74) is 13.9. The molecule has 1 aromatic carbocycles. The molecule has 5 fully saturated rings. The van der Waals surface area contributed by atoms with Crippen LogP contribution in [0.3, 0.4) is 0 Å². The Kier molecular flexibility index (Phi) is 15.8. The molecule has 5 N–H and O–H groups in total. The van der Waals surface area contributed by atoms with Crippen LogP contribution in [0.15, 0.2) is 83.1 Å². The van der Waals surface area contributed by atoms with Crippen LogP contribution in [0.1, 0.15) is 109 Å². The molecule has 11 rings (SSSR count). The van der Waals surface area contributed by atoms with E-state index in [-0.39, 0.29) is 85.0 Å². The normalized spacial score (nSPS) is 25.8. The van der Waals surface area contributed by atoms with E-state index in [2.05, 4.69) is 76.3 Å². The molecule has 5 aromatic heterocycles. The van der Waals surface area contributed by atoms with Crippen LogP contribution in [0, 0.1) is 12.8 Å². The number of phenols is 1. The maximum absolute atomic E-state index is 14.3. The summed E-state index contributed by atoms with van der Waals surface area (Å²) in [5.74, 6) is 0.231. The second-order valence-electron chi connectivity index (χ2n) is 22.6. The molecule has 1 aliphatic carbocycles. The number of amides is 2. The number of ether oxygens (including phenoxy) is 3. The largest absolute Gasteiger partial charge is 0.507 e. The Hall–Kier alpha value is -6.94. The molecule has 1 saturated carbocycles. The number of anilines is 3. The van der Waals surface area contributed by atoms with E-state index < -0.39 is 18.1 Å². The molecule has 20 nitrogen and oxygen atoms in total. The SMILES string of the molecule is Cc1ncsc1-c1ccc([C@H](C)NC(=O)[C@@H]2C[C@@H](O)CN2C(=O)[C@@H](c2cc(OCCN3[C@H](C)CC(O[C@H]4C[C@H](Oc5cc(N6C7CCC6CN(c6cc(-c8ccccc8O)nnc6N)C7)ccn5)C4)C[C@@H]3C)no2)C(C)C)cn1. The average molecular weight is 1100 g/mol. The van der Waals surface area contributed by atoms with Crippen molar-refractivity contribution in [2.75, 3.05) is 48.3 Å². The van der Waals surface area contributed by atoms with Gasteiger partial charge in [-0.1, -0.05) is 32.0 Å². The van der Waals surface area contributed by atoms with E-state index in [9.17, 15) is 19.8 Å². The number of hydrogen-bond acceptors (Lipinski definition) is 19. The minimum absolute atomic E-state index is 0.0369. The predicted molar refractivity (Wildman–Crippen MR) is 299 cm³/mol. The molecule has 6 aromatic rings. The van der Waals surface area contributed by atoms with Crippen molar-refractivity contribution in [1.82, 2.24) is 45.4 Å². The molecule has 5 aliphatic rings. The molecule has 21 heteroatoms. The predicted octanol–water partition coefficient (Wildman–Crippen LogP) is 7.32. The summed E-state index contributed by atoms with van der Waals surface area (Å²) < 4.78 is 25.1. The van der Waals surface area contributed by atoms with Crippen LogP contribution in [-0.4, -0.2) is 150 Å². The summed E-state index contributed by atoms with van der Waals surface area (Å²) in [5, 5.41) is 37.0. The number of thiazole rings is 1. The third kappa shape index (κ3) is 11.6. The zero-order valence-corrected chi connectivity index (χ0v) is 46.5. The van der Waals surface area contributed by atoms with Gasteiger partial charge in [0, 0.05) is 105 Å². The number of nitrogen functional groups attached to an aromatic ring is 1. The van der Waals surface area contributed by atoms with Crippen LogP contribution in [0.5, 0.6) is 17.5 Å². The van der Waals surface area contributed by atoms with Gasteiger partial charge < -0.3 is 54.7 Å². The van der Waals surface area contributed by atoms with Gasteiger partial charge in [-0.05, 0) is 100 Å². The summed E-state index contributed by atoms with van der Waals surface area (Å²) >= 11 is 1.53. The van der Waals surface area contributed by atoms with Gasteiger partial charge >= 0.3 is 0 Å². The number of β-amino-alcohol motifs (C(OH)–C–C–N with tert-alkyl or cyclic N) is 1. The molecule has 2 bridgehead atoms. The number of aliphatic hydroxyl groups excluding tert-OH is 1. The zero-order valence-electron chi connectivity index (χ0n) is 45.7. The number of nitrogens with one attached hydrogen (secondary N) is 1. The third-order valence-corrected chi connectivity index (χ3v) is 17.7. The fraction of sp³-hybridized carbons (Fsp3) is 0.517. The Morgan fingerprint density at radius 3 is 2.34 bits per heavy atom. The van der Waals surface area contributed by atoms with Gasteiger partial charge in [0.1, 0.15) is 30.4 Å². The molecule has 0 spiro atoms. The number of aromatic hydroxyl groups is 1. The molecule has 2 amide bonds. The fourth-order valence-corrected chi connectivity index (χ4v) is 13.4. The lowest BCUT2D eigenvalue weighted by Gasteiger charge is -2.45. The van der Waals surface area contributed by atoms with Crippen molar-refractivity contribution in [2.24, 2.45) is 5.92 Å². The number of hydrogen-bond donors (Lipinski definition) is 4. The Balaban J connectivity index is 0.620. The quantitative estimate of drug-likeness (QED) is 0.0658. The number of aromatic nitrogens is 6. The minimum atomic E-state index is -0.855. The number of carbonyl (C=O) groups excluding carboxylic acids is 2. The van der Waals surface area contributed by atoms with Crippen LogP contribution < -0.4 is 30.3 Å². The van der Waals surface area contributed by atoms with E-state index in [4.69, 9.17) is 24.5 Å². The first-order chi connectivity index (χ1) is 38.1. The summed E-state index contributed by atoms with van der Waals surface area (Å²) in [4.78, 5) is 51.4. The van der Waals surface area contributed by atoms with Gasteiger partial charge in [-0.3, -0.25) is 19.5 Å². The van der Waals surface area contributed by atoms with Gasteiger partial charge in [0.2, 0.25) is 17.7 Å². The summed E-state index contributed by atoms with van der Waals surface area (Å²) in [7, 11) is 0. The topological polar surface area (TPSA) is 244 Å². The van der Waals surface area contributed by atoms with Gasteiger partial charge in [-0.15, -0.1) is 21.5 Å². The van der Waals surface area contributed by atoms with Gasteiger partial charge in [0.25, 0.3) is 5.88 Å². The lowest BCUT2D eigenvalue weighted by molar-refractivity contribution is -0.141. The van der Waals surface area contributed by atoms with Crippen molar-refractivity contribution >= 4 is 40.3 Å². The molecule has 3 unspecified atom stereocenters. The van der Waals surface area contributed by atoms with Gasteiger partial charge in [-0.2, -0.15) is 0 Å². The number of para-hydroxylation sites is 1. The number of piperidine rings is 1. The van der Waals surface area contributed by atoms with Gasteiger partial charge in [0.05, 0.1) is 57.5 Å². The Bertz CT molecular complexity index is 3070. The highest BCUT2D eigenvalue weighted by molar-refractivity contribution is 7.13. The van der Waals surface area contributed by atoms with Crippen LogP contribution in [-0.2, 0) is 14.3 Å². The van der Waals surface area contributed by atoms with Crippen molar-refractivity contribution in [3.8, 4) is 39.3 Å². The number of aliphatic hydroxyl groups is 1. The number of fused-ring (bicyclic) bond motifs is 2. The van der Waals surface area contributed by atoms with E-state index >= 15 is 0 Å². The first-order valence-corrected chi connectivity index (χ1v) is 28.7. The third-order valence-electron chi connectivity index (χ3n) is 16.7. The minimum Gasteiger partial charge on any atom is -0.507 e. The second-order valence-corrected chi connectivity index (χ2v) is 23.4. The summed E-state index contributed by atoms with van der Waals surface area (Å²) in [6.07, 6.45) is 8.76. The molecular formula is C58H72N12O8S. The molecular weight excluding hydrogens is 1020 g/mol. The smallest absolute Gasteiger partial charge is 0.254 e. The lowest BCUT2D eigenvalue weighted by atomic mass is 9.90. The first kappa shape index (κ1) is 54.0. The second kappa shape index (κ2) is 23.0. The molecule has 4 saturated heterocycles. The van der Waals surface area contributed by atoms with E-state index in [1.54, 1.807) is 29.9 Å². The van der Waals surface area contributed by atoms with Crippen LogP contribution >= 0.6 is 11.3 Å². The van der Waals surface area contributed by atoms with Gasteiger partial charge in [-0.25, -0.2) is 9.97 Å². The van der Waals surface area contributed by atoms with E-state index in [1.807, 2.05) is 64.2 Å². The van der Waals surface area contributed by atoms with E-state index in [1.165, 1.54) is 16.2 Å². The highest BCUT2D eigenvalue weighted by atomic mass is 32.1. The summed E-state index contributed by atoms with van der Waals surface area (Å²) in [6.45, 7) is 14.8. The fourth-order valence-electron chi connectivity index (χ4n) is 12.6. The monoisotopic (exact) mass is 1100 g/mol. The van der Waals surface area contributed by atoms with E-state index in [0.717, 1.165) is 84.8 Å². The molecule has 79 heavy (non-hydrogen) atoms. The average Bonchev–Trinajstić information content (AvgIpc) is 4.27. The molecule has 9 atom stereocenters. The van der Waals surface area contributed by atoms with Crippen molar-refractivity contribution in [1.29, 1.82) is 0 Å².